The van der Waals surface area contributed by atoms with E-state index in [-0.39, 0.29) is 5.91 Å². The number of aryl methyl sites for hydroxylation is 1. The molecule has 1 amide bonds. The number of rotatable bonds is 9. The molecule has 2 aromatic carbocycles. The minimum absolute atomic E-state index is 0.0597. The topological polar surface area (TPSA) is 50.6 Å². The first-order chi connectivity index (χ1) is 18.9. The first-order valence-electron chi connectivity index (χ1n) is 13.8. The van der Waals surface area contributed by atoms with Crippen LogP contribution in [-0.4, -0.2) is 64.8 Å². The lowest BCUT2D eigenvalue weighted by Crippen LogP contribution is -2.43. The third-order valence-electron chi connectivity index (χ3n) is 7.96. The number of likely N-dealkylation sites (tertiary alicyclic amines) is 2. The molecule has 208 valence electrons. The van der Waals surface area contributed by atoms with Crippen molar-refractivity contribution >= 4 is 40.7 Å². The van der Waals surface area contributed by atoms with Crippen molar-refractivity contribution in [3.05, 3.63) is 80.6 Å². The number of halogens is 3. The number of nitrogens with zero attached hydrogens (tertiary/aromatic N) is 4. The second-order valence-corrected chi connectivity index (χ2v) is 11.8. The number of hydrogen-bond donors (Lipinski definition) is 0. The number of aromatic nitrogens is 2. The Morgan fingerprint density at radius 1 is 1.00 bits per heavy atom. The summed E-state index contributed by atoms with van der Waals surface area (Å²) in [6, 6.07) is 12.8. The van der Waals surface area contributed by atoms with Crippen LogP contribution >= 0.6 is 34.8 Å². The van der Waals surface area contributed by atoms with Gasteiger partial charge in [-0.05, 0) is 93.1 Å². The van der Waals surface area contributed by atoms with Gasteiger partial charge in [0.15, 0.2) is 0 Å². The molecule has 0 bridgehead atoms. The van der Waals surface area contributed by atoms with E-state index in [0.29, 0.717) is 47.1 Å². The van der Waals surface area contributed by atoms with Crippen LogP contribution in [0.4, 0.5) is 0 Å². The average Bonchev–Trinajstić information content (AvgIpc) is 3.60. The van der Waals surface area contributed by atoms with Gasteiger partial charge in [0.05, 0.1) is 0 Å². The van der Waals surface area contributed by atoms with Gasteiger partial charge in [0.2, 0.25) is 5.91 Å². The summed E-state index contributed by atoms with van der Waals surface area (Å²) in [5, 5.41) is 6.30. The lowest BCUT2D eigenvalue weighted by Gasteiger charge is -2.35. The molecule has 0 radical (unpaired) electrons. The van der Waals surface area contributed by atoms with Gasteiger partial charge < -0.3 is 9.64 Å². The molecule has 2 fully saturated rings. The van der Waals surface area contributed by atoms with E-state index in [1.807, 2.05) is 46.8 Å². The predicted octanol–water partition coefficient (Wildman–Crippen LogP) is 6.82. The van der Waals surface area contributed by atoms with E-state index in [9.17, 15) is 4.79 Å². The Labute approximate surface area is 245 Å². The molecule has 0 spiro atoms. The van der Waals surface area contributed by atoms with Gasteiger partial charge in [-0.3, -0.25) is 14.4 Å². The molecule has 0 saturated carbocycles. The van der Waals surface area contributed by atoms with Crippen molar-refractivity contribution in [2.75, 3.05) is 39.3 Å². The van der Waals surface area contributed by atoms with Crippen molar-refractivity contribution in [3.63, 3.8) is 0 Å². The highest BCUT2D eigenvalue weighted by Crippen LogP contribution is 2.37. The van der Waals surface area contributed by atoms with Crippen molar-refractivity contribution in [1.29, 1.82) is 0 Å². The van der Waals surface area contributed by atoms with Gasteiger partial charge >= 0.3 is 0 Å². The van der Waals surface area contributed by atoms with Crippen molar-refractivity contribution in [1.82, 2.24) is 19.6 Å². The van der Waals surface area contributed by atoms with Crippen LogP contribution in [0.3, 0.4) is 0 Å². The summed E-state index contributed by atoms with van der Waals surface area (Å²) in [5.41, 5.74) is 2.99. The Morgan fingerprint density at radius 3 is 2.41 bits per heavy atom. The fourth-order valence-corrected chi connectivity index (χ4v) is 6.41. The molecule has 1 unspecified atom stereocenters. The number of hydrogen-bond acceptors (Lipinski definition) is 4. The summed E-state index contributed by atoms with van der Waals surface area (Å²) in [7, 11) is 0. The third kappa shape index (κ3) is 6.91. The van der Waals surface area contributed by atoms with Gasteiger partial charge in [0.25, 0.3) is 0 Å². The molecule has 1 aromatic heterocycles. The molecule has 2 saturated heterocycles. The highest BCUT2D eigenvalue weighted by atomic mass is 35.5. The van der Waals surface area contributed by atoms with Gasteiger partial charge in [0, 0.05) is 53.0 Å². The number of carbonyl (C=O) groups excluding carboxylic acids is 1. The molecule has 39 heavy (non-hydrogen) atoms. The van der Waals surface area contributed by atoms with Crippen LogP contribution in [0.25, 0.3) is 0 Å². The van der Waals surface area contributed by atoms with Crippen LogP contribution in [0.1, 0.15) is 54.5 Å². The van der Waals surface area contributed by atoms with E-state index in [4.69, 9.17) is 39.5 Å². The average molecular weight is 590 g/mol. The van der Waals surface area contributed by atoms with Gasteiger partial charge in [0.1, 0.15) is 18.4 Å². The summed E-state index contributed by atoms with van der Waals surface area (Å²) in [6.07, 6.45) is 6.45. The number of piperidine rings is 1. The van der Waals surface area contributed by atoms with Crippen LogP contribution in [-0.2, 0) is 11.2 Å². The van der Waals surface area contributed by atoms with Crippen LogP contribution in [0.15, 0.2) is 48.7 Å². The van der Waals surface area contributed by atoms with Crippen LogP contribution < -0.4 is 4.74 Å². The largest absolute Gasteiger partial charge is 0.492 e. The minimum atomic E-state index is -0.477. The summed E-state index contributed by atoms with van der Waals surface area (Å²) < 4.78 is 8.06. The highest BCUT2D eigenvalue weighted by molar-refractivity contribution is 6.35. The van der Waals surface area contributed by atoms with E-state index in [1.54, 1.807) is 12.3 Å². The van der Waals surface area contributed by atoms with Gasteiger partial charge in [-0.1, -0.05) is 46.9 Å². The van der Waals surface area contributed by atoms with E-state index in [0.717, 1.165) is 49.5 Å². The summed E-state index contributed by atoms with van der Waals surface area (Å²) >= 11 is 18.9. The first kappa shape index (κ1) is 28.3. The van der Waals surface area contributed by atoms with Crippen molar-refractivity contribution in [2.45, 2.75) is 51.0 Å². The first-order valence-corrected chi connectivity index (χ1v) is 14.9. The standard InChI is InChI=1S/C30H35Cl3N4O2/c1-21-8-11-34-37(21)28(18-23-4-5-24(31)19-27(23)33)30(38)36-14-9-22(10-15-36)26-7-6-25(32)20-29(26)39-17-16-35-12-2-3-13-35/h4-8,11,19-20,22,28H,2-3,9-10,12-18H2,1H3. The van der Waals surface area contributed by atoms with Crippen molar-refractivity contribution < 1.29 is 9.53 Å². The zero-order valence-corrected chi connectivity index (χ0v) is 24.6. The van der Waals surface area contributed by atoms with Crippen molar-refractivity contribution in [2.24, 2.45) is 0 Å². The molecule has 0 N–H and O–H groups in total. The molecule has 1 atom stereocenters. The highest BCUT2D eigenvalue weighted by Gasteiger charge is 2.32. The smallest absolute Gasteiger partial charge is 0.247 e. The van der Waals surface area contributed by atoms with Gasteiger partial charge in [-0.15, -0.1) is 0 Å². The maximum atomic E-state index is 13.9. The van der Waals surface area contributed by atoms with Crippen LogP contribution in [0.5, 0.6) is 5.75 Å². The van der Waals surface area contributed by atoms with Crippen molar-refractivity contribution in [3.8, 4) is 5.75 Å². The Morgan fingerprint density at radius 2 is 1.72 bits per heavy atom. The predicted molar refractivity (Wildman–Crippen MR) is 157 cm³/mol. The molecule has 3 aromatic rings. The number of amides is 1. The Hall–Kier alpha value is -2.25. The molecule has 2 aliphatic rings. The maximum Gasteiger partial charge on any atom is 0.247 e. The molecule has 2 aliphatic heterocycles. The molecule has 9 heteroatoms. The molecular formula is C30H35Cl3N4O2. The Balaban J connectivity index is 1.26. The minimum Gasteiger partial charge on any atom is -0.492 e. The number of ether oxygens (including phenoxy) is 1. The van der Waals surface area contributed by atoms with Gasteiger partial charge in [-0.2, -0.15) is 5.10 Å². The summed E-state index contributed by atoms with van der Waals surface area (Å²) in [5.74, 6) is 1.24. The lowest BCUT2D eigenvalue weighted by atomic mass is 9.88. The monoisotopic (exact) mass is 588 g/mol. The second kappa shape index (κ2) is 12.9. The molecule has 3 heterocycles. The van der Waals surface area contributed by atoms with Crippen LogP contribution in [0.2, 0.25) is 15.1 Å². The van der Waals surface area contributed by atoms with Crippen LogP contribution in [0, 0.1) is 6.92 Å². The number of benzene rings is 2. The van der Waals surface area contributed by atoms with Gasteiger partial charge in [-0.25, -0.2) is 0 Å². The zero-order chi connectivity index (χ0) is 27.4. The molecule has 0 aliphatic carbocycles. The fraction of sp³-hybridized carbons (Fsp3) is 0.467. The zero-order valence-electron chi connectivity index (χ0n) is 22.3. The SMILES string of the molecule is Cc1ccnn1C(Cc1ccc(Cl)cc1Cl)C(=O)N1CCC(c2ccc(Cl)cc2OCCN2CCCC2)CC1. The fourth-order valence-electron chi connectivity index (χ4n) is 5.76. The third-order valence-corrected chi connectivity index (χ3v) is 8.78. The quantitative estimate of drug-likeness (QED) is 0.275. The molecule has 6 nitrogen and oxygen atoms in total. The number of carbonyl (C=O) groups is 1. The maximum absolute atomic E-state index is 13.9. The summed E-state index contributed by atoms with van der Waals surface area (Å²) in [4.78, 5) is 18.3. The molecular weight excluding hydrogens is 555 g/mol. The Kier molecular flexibility index (Phi) is 9.39. The summed E-state index contributed by atoms with van der Waals surface area (Å²) in [6.45, 7) is 7.21. The normalized spacial score (nSPS) is 17.5. The van der Waals surface area contributed by atoms with E-state index >= 15 is 0 Å². The van der Waals surface area contributed by atoms with E-state index in [2.05, 4.69) is 16.1 Å². The molecule has 5 rings (SSSR count). The Bertz CT molecular complexity index is 1280. The van der Waals surface area contributed by atoms with E-state index < -0.39 is 6.04 Å². The second-order valence-electron chi connectivity index (χ2n) is 10.6. The lowest BCUT2D eigenvalue weighted by molar-refractivity contribution is -0.136. The van der Waals surface area contributed by atoms with E-state index in [1.165, 1.54) is 18.4 Å².